The average Bonchev–Trinajstić information content (AvgIpc) is 1.99. The van der Waals surface area contributed by atoms with Crippen LogP contribution in [0.4, 0.5) is 0 Å². The predicted octanol–water partition coefficient (Wildman–Crippen LogP) is 2.76. The van der Waals surface area contributed by atoms with E-state index in [2.05, 4.69) is 4.98 Å². The van der Waals surface area contributed by atoms with Gasteiger partial charge in [0.05, 0.1) is 5.02 Å². The molecule has 1 heterocycles. The van der Waals surface area contributed by atoms with Crippen LogP contribution in [0.1, 0.15) is 6.92 Å². The Bertz CT molecular complexity index is 317. The van der Waals surface area contributed by atoms with Crippen LogP contribution >= 0.6 is 34.8 Å². The van der Waals surface area contributed by atoms with Crippen molar-refractivity contribution in [3.05, 3.63) is 21.3 Å². The molecule has 1 unspecified atom stereocenters. The molecule has 0 amide bonds. The predicted molar refractivity (Wildman–Crippen MR) is 51.6 cm³/mol. The molecule has 0 fully saturated rings. The van der Waals surface area contributed by atoms with Crippen molar-refractivity contribution in [3.8, 4) is 5.88 Å². The van der Waals surface area contributed by atoms with Crippen molar-refractivity contribution in [2.45, 2.75) is 13.2 Å². The highest BCUT2D eigenvalue weighted by molar-refractivity contribution is 6.42. The fourth-order valence-corrected chi connectivity index (χ4v) is 1.21. The molecule has 3 nitrogen and oxygen atoms in total. The second kappa shape index (κ2) is 4.33. The Morgan fingerprint density at radius 2 is 2.00 bits per heavy atom. The van der Waals surface area contributed by atoms with Gasteiger partial charge in [0.15, 0.2) is 11.4 Å². The number of ether oxygens (including phenoxy) is 1. The molecule has 1 N–H and O–H groups in total. The maximum Gasteiger partial charge on any atom is 0.236 e. The zero-order valence-electron chi connectivity index (χ0n) is 6.59. The number of aromatic nitrogens is 1. The van der Waals surface area contributed by atoms with Gasteiger partial charge in [0.25, 0.3) is 0 Å². The molecule has 1 aromatic rings. The number of halogens is 3. The van der Waals surface area contributed by atoms with E-state index in [4.69, 9.17) is 44.6 Å². The molecule has 1 aromatic heterocycles. The molecule has 0 radical (unpaired) electrons. The van der Waals surface area contributed by atoms with Crippen molar-refractivity contribution in [2.24, 2.45) is 0 Å². The Hall–Kier alpha value is -0.220. The van der Waals surface area contributed by atoms with Crippen LogP contribution in [0.2, 0.25) is 15.2 Å². The van der Waals surface area contributed by atoms with E-state index >= 15 is 0 Å². The lowest BCUT2D eigenvalue weighted by Crippen LogP contribution is -2.11. The van der Waals surface area contributed by atoms with E-state index < -0.39 is 6.29 Å². The Kier molecular flexibility index (Phi) is 3.62. The molecule has 0 aliphatic rings. The van der Waals surface area contributed by atoms with Gasteiger partial charge in [-0.25, -0.2) is 0 Å². The van der Waals surface area contributed by atoms with E-state index in [0.717, 1.165) is 0 Å². The molecule has 0 bridgehead atoms. The summed E-state index contributed by atoms with van der Waals surface area (Å²) in [7, 11) is 0. The van der Waals surface area contributed by atoms with Crippen molar-refractivity contribution < 1.29 is 9.84 Å². The SMILES string of the molecule is CC(O)Oc1nc(Cl)c(Cl)cc1Cl. The molecule has 0 saturated heterocycles. The first-order valence-corrected chi connectivity index (χ1v) is 4.50. The van der Waals surface area contributed by atoms with Gasteiger partial charge in [-0.2, -0.15) is 4.98 Å². The van der Waals surface area contributed by atoms with Gasteiger partial charge < -0.3 is 9.84 Å². The highest BCUT2D eigenvalue weighted by Crippen LogP contribution is 2.30. The minimum absolute atomic E-state index is 0.0612. The zero-order valence-corrected chi connectivity index (χ0v) is 8.86. The van der Waals surface area contributed by atoms with E-state index in [1.165, 1.54) is 13.0 Å². The van der Waals surface area contributed by atoms with E-state index in [1.54, 1.807) is 0 Å². The van der Waals surface area contributed by atoms with Gasteiger partial charge in [-0.15, -0.1) is 0 Å². The number of rotatable bonds is 2. The lowest BCUT2D eigenvalue weighted by atomic mass is 10.5. The molecular formula is C7H6Cl3NO2. The summed E-state index contributed by atoms with van der Waals surface area (Å²) in [5, 5.41) is 9.42. The molecular weight excluding hydrogens is 236 g/mol. The van der Waals surface area contributed by atoms with Crippen molar-refractivity contribution in [1.29, 1.82) is 0 Å². The molecule has 0 saturated carbocycles. The van der Waals surface area contributed by atoms with Crippen LogP contribution in [0, 0.1) is 0 Å². The van der Waals surface area contributed by atoms with E-state index in [9.17, 15) is 0 Å². The van der Waals surface area contributed by atoms with Gasteiger partial charge in [-0.3, -0.25) is 0 Å². The van der Waals surface area contributed by atoms with Crippen molar-refractivity contribution >= 4 is 34.8 Å². The smallest absolute Gasteiger partial charge is 0.236 e. The number of nitrogens with zero attached hydrogens (tertiary/aromatic N) is 1. The summed E-state index contributed by atoms with van der Waals surface area (Å²) >= 11 is 16.9. The quantitative estimate of drug-likeness (QED) is 0.640. The van der Waals surface area contributed by atoms with Gasteiger partial charge in [-0.05, 0) is 13.0 Å². The largest absolute Gasteiger partial charge is 0.447 e. The molecule has 13 heavy (non-hydrogen) atoms. The second-order valence-electron chi connectivity index (χ2n) is 2.27. The minimum atomic E-state index is -0.998. The van der Waals surface area contributed by atoms with Crippen molar-refractivity contribution in [2.75, 3.05) is 0 Å². The van der Waals surface area contributed by atoms with Crippen molar-refractivity contribution in [1.82, 2.24) is 4.98 Å². The summed E-state index contributed by atoms with van der Waals surface area (Å²) in [6, 6.07) is 1.40. The first-order chi connectivity index (χ1) is 6.00. The fraction of sp³-hybridized carbons (Fsp3) is 0.286. The number of aliphatic hydroxyl groups is 1. The molecule has 0 aliphatic heterocycles. The molecule has 1 rings (SSSR count). The first kappa shape index (κ1) is 10.9. The molecule has 0 aromatic carbocycles. The first-order valence-electron chi connectivity index (χ1n) is 3.37. The number of aliphatic hydroxyl groups excluding tert-OH is 1. The third kappa shape index (κ3) is 2.88. The molecule has 6 heteroatoms. The second-order valence-corrected chi connectivity index (χ2v) is 3.44. The molecule has 0 spiro atoms. The fourth-order valence-electron chi connectivity index (χ4n) is 0.673. The number of hydrogen-bond acceptors (Lipinski definition) is 3. The van der Waals surface area contributed by atoms with Crippen LogP contribution in [0.15, 0.2) is 6.07 Å². The van der Waals surface area contributed by atoms with Gasteiger partial charge in [0, 0.05) is 0 Å². The van der Waals surface area contributed by atoms with Crippen LogP contribution in [-0.2, 0) is 0 Å². The van der Waals surface area contributed by atoms with Crippen LogP contribution < -0.4 is 4.74 Å². The van der Waals surface area contributed by atoms with Gasteiger partial charge in [0.1, 0.15) is 5.02 Å². The maximum absolute atomic E-state index is 8.89. The summed E-state index contributed by atoms with van der Waals surface area (Å²) in [4.78, 5) is 3.73. The summed E-state index contributed by atoms with van der Waals surface area (Å²) in [6.07, 6.45) is -0.998. The summed E-state index contributed by atoms with van der Waals surface area (Å²) in [6.45, 7) is 1.43. The van der Waals surface area contributed by atoms with E-state index in [-0.39, 0.29) is 21.1 Å². The summed E-state index contributed by atoms with van der Waals surface area (Å²) in [5.74, 6) is 0.0612. The van der Waals surface area contributed by atoms with E-state index in [0.29, 0.717) is 0 Å². The summed E-state index contributed by atoms with van der Waals surface area (Å²) in [5.41, 5.74) is 0. The Morgan fingerprint density at radius 1 is 1.38 bits per heavy atom. The average molecular weight is 242 g/mol. The summed E-state index contributed by atoms with van der Waals surface area (Å²) < 4.78 is 4.85. The highest BCUT2D eigenvalue weighted by Gasteiger charge is 2.10. The Morgan fingerprint density at radius 3 is 2.54 bits per heavy atom. The standard InChI is InChI=1S/C7H6Cl3NO2/c1-3(12)13-7-5(9)2-4(8)6(10)11-7/h2-3,12H,1H3. The van der Waals surface area contributed by atoms with E-state index in [1.807, 2.05) is 0 Å². The van der Waals surface area contributed by atoms with Gasteiger partial charge in [0.2, 0.25) is 5.88 Å². The van der Waals surface area contributed by atoms with Crippen LogP contribution in [0.3, 0.4) is 0 Å². The number of pyridine rings is 1. The highest BCUT2D eigenvalue weighted by atomic mass is 35.5. The topological polar surface area (TPSA) is 42.4 Å². The van der Waals surface area contributed by atoms with Gasteiger partial charge >= 0.3 is 0 Å². The van der Waals surface area contributed by atoms with Crippen LogP contribution in [0.25, 0.3) is 0 Å². The third-order valence-corrected chi connectivity index (χ3v) is 2.08. The Labute approximate surface area is 90.2 Å². The maximum atomic E-state index is 8.89. The molecule has 1 atom stereocenters. The lowest BCUT2D eigenvalue weighted by Gasteiger charge is -2.09. The van der Waals surface area contributed by atoms with Crippen LogP contribution in [0.5, 0.6) is 5.88 Å². The van der Waals surface area contributed by atoms with Crippen molar-refractivity contribution in [3.63, 3.8) is 0 Å². The number of hydrogen-bond donors (Lipinski definition) is 1. The normalized spacial score (nSPS) is 12.7. The molecule has 72 valence electrons. The minimum Gasteiger partial charge on any atom is -0.447 e. The zero-order chi connectivity index (χ0) is 10.0. The van der Waals surface area contributed by atoms with Crippen LogP contribution in [-0.4, -0.2) is 16.4 Å². The Balaban J connectivity index is 3.01. The monoisotopic (exact) mass is 241 g/mol. The third-order valence-electron chi connectivity index (χ3n) is 1.14. The molecule has 0 aliphatic carbocycles. The lowest BCUT2D eigenvalue weighted by molar-refractivity contribution is -0.00358. The van der Waals surface area contributed by atoms with Gasteiger partial charge in [-0.1, -0.05) is 34.8 Å².